The summed E-state index contributed by atoms with van der Waals surface area (Å²) in [5.41, 5.74) is -0.766. The molecular weight excluding hydrogens is 359 g/mol. The molecule has 0 spiro atoms. The first-order valence-corrected chi connectivity index (χ1v) is 7.55. The average molecular weight is 370 g/mol. The van der Waals surface area contributed by atoms with Gasteiger partial charge in [0.05, 0.1) is 0 Å². The third kappa shape index (κ3) is 3.00. The Hall–Kier alpha value is -2.97. The molecule has 0 bridgehead atoms. The molecule has 0 unspecified atom stereocenters. The van der Waals surface area contributed by atoms with Crippen molar-refractivity contribution in [2.45, 2.75) is 19.8 Å². The first-order chi connectivity index (χ1) is 12.3. The Morgan fingerprint density at radius 1 is 1.04 bits per heavy atom. The fourth-order valence-corrected chi connectivity index (χ4v) is 2.36. The maximum atomic E-state index is 13.9. The monoisotopic (exact) mass is 370 g/mol. The molecule has 136 valence electrons. The quantitative estimate of drug-likeness (QED) is 0.403. The molecule has 0 atom stereocenters. The second-order valence-electron chi connectivity index (χ2n) is 5.44. The van der Waals surface area contributed by atoms with Crippen molar-refractivity contribution in [1.82, 2.24) is 4.98 Å². The van der Waals surface area contributed by atoms with Crippen LogP contribution < -0.4 is 5.32 Å². The molecule has 0 fully saturated rings. The van der Waals surface area contributed by atoms with E-state index in [4.69, 9.17) is 4.42 Å². The largest absolute Gasteiger partial charge is 0.436 e. The van der Waals surface area contributed by atoms with Gasteiger partial charge >= 0.3 is 0 Å². The number of nitrogens with zero attached hydrogens (tertiary/aromatic N) is 1. The molecule has 2 aromatic carbocycles. The molecule has 0 saturated carbocycles. The summed E-state index contributed by atoms with van der Waals surface area (Å²) < 4.78 is 72.7. The van der Waals surface area contributed by atoms with Crippen LogP contribution >= 0.6 is 0 Å². The first kappa shape index (κ1) is 17.8. The van der Waals surface area contributed by atoms with Gasteiger partial charge in [0.15, 0.2) is 28.9 Å². The van der Waals surface area contributed by atoms with Crippen LogP contribution in [-0.4, -0.2) is 10.9 Å². The van der Waals surface area contributed by atoms with Crippen LogP contribution in [0.25, 0.3) is 22.6 Å². The molecule has 1 N–H and O–H groups in total. The molecule has 9 heteroatoms. The van der Waals surface area contributed by atoms with Crippen molar-refractivity contribution in [3.63, 3.8) is 0 Å². The lowest BCUT2D eigenvalue weighted by Crippen LogP contribution is -2.10. The number of amides is 1. The number of aromatic nitrogens is 1. The third-order valence-corrected chi connectivity index (χ3v) is 3.57. The van der Waals surface area contributed by atoms with E-state index in [1.165, 1.54) is 18.2 Å². The number of halogens is 5. The topological polar surface area (TPSA) is 55.1 Å². The highest BCUT2D eigenvalue weighted by atomic mass is 19.2. The van der Waals surface area contributed by atoms with Gasteiger partial charge in [0.1, 0.15) is 11.1 Å². The van der Waals surface area contributed by atoms with Crippen LogP contribution in [0.1, 0.15) is 19.8 Å². The first-order valence-electron chi connectivity index (χ1n) is 7.55. The summed E-state index contributed by atoms with van der Waals surface area (Å²) in [7, 11) is 0. The number of rotatable bonds is 4. The Morgan fingerprint density at radius 3 is 2.27 bits per heavy atom. The van der Waals surface area contributed by atoms with Crippen LogP contribution in [0, 0.1) is 29.1 Å². The fraction of sp³-hybridized carbons (Fsp3) is 0.176. The molecule has 0 saturated heterocycles. The number of carbonyl (C=O) groups is 1. The van der Waals surface area contributed by atoms with Crippen molar-refractivity contribution in [3.05, 3.63) is 47.3 Å². The number of nitrogens with one attached hydrogen (secondary N) is 1. The Morgan fingerprint density at radius 2 is 1.65 bits per heavy atom. The summed E-state index contributed by atoms with van der Waals surface area (Å²) in [5, 5.41) is 2.59. The van der Waals surface area contributed by atoms with Crippen LogP contribution in [0.3, 0.4) is 0 Å². The average Bonchev–Trinajstić information content (AvgIpc) is 3.01. The van der Waals surface area contributed by atoms with Crippen LogP contribution in [-0.2, 0) is 4.79 Å². The third-order valence-electron chi connectivity index (χ3n) is 3.57. The Bertz CT molecular complexity index is 987. The highest BCUT2D eigenvalue weighted by Gasteiger charge is 2.29. The minimum absolute atomic E-state index is 0.0532. The number of oxazole rings is 1. The van der Waals surface area contributed by atoms with Crippen molar-refractivity contribution >= 4 is 22.7 Å². The molecule has 0 aliphatic carbocycles. The fourth-order valence-electron chi connectivity index (χ4n) is 2.36. The van der Waals surface area contributed by atoms with Crippen LogP contribution in [0.15, 0.2) is 22.6 Å². The summed E-state index contributed by atoms with van der Waals surface area (Å²) in [6.45, 7) is 1.83. The predicted molar refractivity (Wildman–Crippen MR) is 82.8 cm³/mol. The second kappa shape index (κ2) is 6.74. The lowest BCUT2D eigenvalue weighted by atomic mass is 10.1. The lowest BCUT2D eigenvalue weighted by molar-refractivity contribution is -0.116. The number of benzene rings is 2. The van der Waals surface area contributed by atoms with E-state index in [2.05, 4.69) is 10.3 Å². The smallest absolute Gasteiger partial charge is 0.233 e. The molecule has 4 nitrogen and oxygen atoms in total. The minimum atomic E-state index is -2.26. The zero-order valence-electron chi connectivity index (χ0n) is 13.3. The molecule has 0 radical (unpaired) electrons. The van der Waals surface area contributed by atoms with Crippen molar-refractivity contribution in [2.24, 2.45) is 0 Å². The van der Waals surface area contributed by atoms with Gasteiger partial charge < -0.3 is 9.73 Å². The summed E-state index contributed by atoms with van der Waals surface area (Å²) in [4.78, 5) is 15.4. The summed E-state index contributed by atoms with van der Waals surface area (Å²) >= 11 is 0. The van der Waals surface area contributed by atoms with Crippen LogP contribution in [0.5, 0.6) is 0 Å². The van der Waals surface area contributed by atoms with Crippen LogP contribution in [0.2, 0.25) is 0 Å². The highest BCUT2D eigenvalue weighted by Crippen LogP contribution is 2.33. The molecule has 1 aromatic heterocycles. The molecule has 0 aliphatic heterocycles. The normalized spacial score (nSPS) is 11.2. The van der Waals surface area contributed by atoms with Gasteiger partial charge in [-0.2, -0.15) is 0 Å². The van der Waals surface area contributed by atoms with E-state index in [1.54, 1.807) is 0 Å². The van der Waals surface area contributed by atoms with Crippen LogP contribution in [0.4, 0.5) is 27.6 Å². The number of fused-ring (bicyclic) bond motifs is 1. The molecule has 0 aliphatic rings. The SMILES string of the molecule is CCCC(=O)Nc1ccc2oc(-c3c(F)c(F)c(F)c(F)c3F)nc2c1. The summed E-state index contributed by atoms with van der Waals surface area (Å²) in [5.74, 6) is -11.5. The number of hydrogen-bond acceptors (Lipinski definition) is 3. The minimum Gasteiger partial charge on any atom is -0.436 e. The van der Waals surface area contributed by atoms with E-state index in [0.29, 0.717) is 18.5 Å². The van der Waals surface area contributed by atoms with Gasteiger partial charge in [-0.25, -0.2) is 26.9 Å². The number of anilines is 1. The van der Waals surface area contributed by atoms with Crippen molar-refractivity contribution in [2.75, 3.05) is 5.32 Å². The van der Waals surface area contributed by atoms with Crippen molar-refractivity contribution < 1.29 is 31.2 Å². The maximum absolute atomic E-state index is 13.9. The lowest BCUT2D eigenvalue weighted by Gasteiger charge is -2.04. The number of hydrogen-bond donors (Lipinski definition) is 1. The van der Waals surface area contributed by atoms with Gasteiger partial charge in [-0.15, -0.1) is 0 Å². The molecule has 1 heterocycles. The Balaban J connectivity index is 2.07. The van der Waals surface area contributed by atoms with Gasteiger partial charge in [-0.1, -0.05) is 6.92 Å². The van der Waals surface area contributed by atoms with E-state index >= 15 is 0 Å². The van der Waals surface area contributed by atoms with Gasteiger partial charge in [-0.3, -0.25) is 4.79 Å². The zero-order valence-corrected chi connectivity index (χ0v) is 13.3. The van der Waals surface area contributed by atoms with E-state index < -0.39 is 40.5 Å². The maximum Gasteiger partial charge on any atom is 0.233 e. The van der Waals surface area contributed by atoms with E-state index in [-0.39, 0.29) is 17.0 Å². The van der Waals surface area contributed by atoms with Gasteiger partial charge in [0.2, 0.25) is 17.6 Å². The summed E-state index contributed by atoms with van der Waals surface area (Å²) in [6.07, 6.45) is 0.940. The Kier molecular flexibility index (Phi) is 4.62. The van der Waals surface area contributed by atoms with Gasteiger partial charge in [0.25, 0.3) is 0 Å². The summed E-state index contributed by atoms with van der Waals surface area (Å²) in [6, 6.07) is 4.19. The second-order valence-corrected chi connectivity index (χ2v) is 5.44. The molecule has 26 heavy (non-hydrogen) atoms. The zero-order chi connectivity index (χ0) is 19.0. The number of carbonyl (C=O) groups excluding carboxylic acids is 1. The van der Waals surface area contributed by atoms with Gasteiger partial charge in [-0.05, 0) is 24.6 Å². The predicted octanol–water partition coefficient (Wildman–Crippen LogP) is 4.93. The Labute approximate surface area is 143 Å². The van der Waals surface area contributed by atoms with Gasteiger partial charge in [0, 0.05) is 12.1 Å². The molecule has 3 aromatic rings. The molecular formula is C17H11F5N2O2. The molecule has 1 amide bonds. The molecule has 3 rings (SSSR count). The highest BCUT2D eigenvalue weighted by molar-refractivity contribution is 5.93. The van der Waals surface area contributed by atoms with E-state index in [0.717, 1.165) is 0 Å². The standard InChI is InChI=1S/C17H11F5N2O2/c1-2-3-10(25)23-7-4-5-9-8(6-7)24-17(26-9)11-12(18)14(20)16(22)15(21)13(11)19/h4-6H,2-3H2,1H3,(H,23,25). The van der Waals surface area contributed by atoms with Crippen molar-refractivity contribution in [3.8, 4) is 11.5 Å². The van der Waals surface area contributed by atoms with E-state index in [9.17, 15) is 26.7 Å². The van der Waals surface area contributed by atoms with E-state index in [1.807, 2.05) is 6.92 Å². The van der Waals surface area contributed by atoms with Crippen molar-refractivity contribution in [1.29, 1.82) is 0 Å².